The van der Waals surface area contributed by atoms with Gasteiger partial charge in [0.15, 0.2) is 0 Å². The van der Waals surface area contributed by atoms with Crippen molar-refractivity contribution in [1.82, 2.24) is 4.98 Å². The van der Waals surface area contributed by atoms with Gasteiger partial charge < -0.3 is 4.90 Å². The first-order valence-corrected chi connectivity index (χ1v) is 8.56. The highest BCUT2D eigenvalue weighted by Gasteiger charge is 2.26. The largest absolute Gasteiger partial charge is 0.352 e. The molecule has 0 aromatic carbocycles. The Hall–Kier alpha value is -0.410. The van der Waals surface area contributed by atoms with Crippen LogP contribution in [0.2, 0.25) is 0 Å². The standard InChI is InChI=1S/C15H23ClN2S/c1-10(2)14-7-13(9-16)8-15(17-14)18-5-6-19-12(4)11(18)3/h7-8,10-12H,5-6,9H2,1-4H3. The summed E-state index contributed by atoms with van der Waals surface area (Å²) in [6.45, 7) is 10.0. The van der Waals surface area contributed by atoms with Crippen molar-refractivity contribution in [3.05, 3.63) is 23.4 Å². The first-order chi connectivity index (χ1) is 9.02. The fourth-order valence-corrected chi connectivity index (χ4v) is 3.62. The summed E-state index contributed by atoms with van der Waals surface area (Å²) in [6, 6.07) is 4.81. The van der Waals surface area contributed by atoms with Crippen LogP contribution in [0, 0.1) is 0 Å². The molecule has 2 heterocycles. The number of alkyl halides is 1. The lowest BCUT2D eigenvalue weighted by Gasteiger charge is -2.38. The molecule has 0 saturated carbocycles. The zero-order chi connectivity index (χ0) is 14.0. The third-order valence-electron chi connectivity index (χ3n) is 3.82. The van der Waals surface area contributed by atoms with Gasteiger partial charge in [0.05, 0.1) is 0 Å². The van der Waals surface area contributed by atoms with E-state index >= 15 is 0 Å². The minimum atomic E-state index is 0.439. The molecule has 1 aliphatic rings. The minimum absolute atomic E-state index is 0.439. The fourth-order valence-electron chi connectivity index (χ4n) is 2.37. The summed E-state index contributed by atoms with van der Waals surface area (Å²) in [5, 5.41) is 0.651. The molecule has 0 radical (unpaired) electrons. The molecule has 0 spiro atoms. The van der Waals surface area contributed by atoms with Gasteiger partial charge in [-0.3, -0.25) is 0 Å². The third-order valence-corrected chi connectivity index (χ3v) is 5.46. The van der Waals surface area contributed by atoms with Crippen molar-refractivity contribution >= 4 is 29.2 Å². The highest BCUT2D eigenvalue weighted by atomic mass is 35.5. The lowest BCUT2D eigenvalue weighted by Crippen LogP contribution is -2.45. The molecule has 106 valence electrons. The Labute approximate surface area is 125 Å². The van der Waals surface area contributed by atoms with Crippen LogP contribution >= 0.6 is 23.4 Å². The summed E-state index contributed by atoms with van der Waals surface area (Å²) in [7, 11) is 0. The van der Waals surface area contributed by atoms with Crippen LogP contribution in [0.4, 0.5) is 5.82 Å². The maximum absolute atomic E-state index is 6.03. The van der Waals surface area contributed by atoms with E-state index in [1.165, 1.54) is 11.3 Å². The number of hydrogen-bond donors (Lipinski definition) is 0. The van der Waals surface area contributed by atoms with Crippen molar-refractivity contribution in [2.75, 3.05) is 17.2 Å². The Morgan fingerprint density at radius 3 is 2.79 bits per heavy atom. The van der Waals surface area contributed by atoms with E-state index < -0.39 is 0 Å². The van der Waals surface area contributed by atoms with Gasteiger partial charge in [0.25, 0.3) is 0 Å². The number of thioether (sulfide) groups is 1. The number of anilines is 1. The summed E-state index contributed by atoms with van der Waals surface area (Å²) in [4.78, 5) is 7.28. The van der Waals surface area contributed by atoms with Gasteiger partial charge in [0.1, 0.15) is 5.82 Å². The van der Waals surface area contributed by atoms with Crippen LogP contribution in [0.1, 0.15) is 44.9 Å². The van der Waals surface area contributed by atoms with Crippen molar-refractivity contribution in [3.8, 4) is 0 Å². The molecule has 0 aliphatic carbocycles. The van der Waals surface area contributed by atoms with E-state index in [-0.39, 0.29) is 0 Å². The molecule has 0 N–H and O–H groups in total. The van der Waals surface area contributed by atoms with Crippen molar-refractivity contribution in [1.29, 1.82) is 0 Å². The Kier molecular flexibility index (Phi) is 5.02. The van der Waals surface area contributed by atoms with E-state index in [2.05, 4.69) is 44.7 Å². The van der Waals surface area contributed by atoms with E-state index in [0.29, 0.717) is 23.1 Å². The molecule has 19 heavy (non-hydrogen) atoms. The Morgan fingerprint density at radius 1 is 1.42 bits per heavy atom. The first kappa shape index (κ1) is 15.0. The molecule has 1 aromatic heterocycles. The predicted octanol–water partition coefficient (Wildman–Crippen LogP) is 4.27. The first-order valence-electron chi connectivity index (χ1n) is 6.98. The highest BCUT2D eigenvalue weighted by molar-refractivity contribution is 8.00. The average Bonchev–Trinajstić information content (AvgIpc) is 2.41. The van der Waals surface area contributed by atoms with E-state index in [1.54, 1.807) is 0 Å². The summed E-state index contributed by atoms with van der Waals surface area (Å²) in [5.74, 6) is 3.27. The maximum atomic E-state index is 6.03. The lowest BCUT2D eigenvalue weighted by molar-refractivity contribution is 0.617. The summed E-state index contributed by atoms with van der Waals surface area (Å²) < 4.78 is 0. The Balaban J connectivity index is 2.34. The summed E-state index contributed by atoms with van der Waals surface area (Å²) in [5.41, 5.74) is 2.32. The van der Waals surface area contributed by atoms with Crippen LogP contribution in [-0.4, -0.2) is 28.6 Å². The molecule has 2 unspecified atom stereocenters. The molecule has 1 aliphatic heterocycles. The van der Waals surface area contributed by atoms with Crippen LogP contribution in [0.3, 0.4) is 0 Å². The second kappa shape index (κ2) is 6.36. The number of nitrogens with zero attached hydrogens (tertiary/aromatic N) is 2. The third kappa shape index (κ3) is 3.38. The Bertz CT molecular complexity index is 436. The second-order valence-electron chi connectivity index (χ2n) is 5.56. The topological polar surface area (TPSA) is 16.1 Å². The van der Waals surface area contributed by atoms with E-state index in [0.717, 1.165) is 18.1 Å². The van der Waals surface area contributed by atoms with Gasteiger partial charge in [0.2, 0.25) is 0 Å². The van der Waals surface area contributed by atoms with Crippen LogP contribution in [0.25, 0.3) is 0 Å². The fraction of sp³-hybridized carbons (Fsp3) is 0.667. The van der Waals surface area contributed by atoms with Crippen LogP contribution in [0.5, 0.6) is 0 Å². The van der Waals surface area contributed by atoms with Gasteiger partial charge in [-0.15, -0.1) is 11.6 Å². The van der Waals surface area contributed by atoms with E-state index in [4.69, 9.17) is 16.6 Å². The SMILES string of the molecule is CC(C)c1cc(CCl)cc(N2CCSC(C)C2C)n1. The molecule has 2 nitrogen and oxygen atoms in total. The Morgan fingerprint density at radius 2 is 2.16 bits per heavy atom. The average molecular weight is 299 g/mol. The van der Waals surface area contributed by atoms with E-state index in [1.807, 2.05) is 11.8 Å². The molecule has 0 bridgehead atoms. The molecular formula is C15H23ClN2S. The van der Waals surface area contributed by atoms with Gasteiger partial charge in [-0.05, 0) is 30.5 Å². The molecule has 1 fully saturated rings. The smallest absolute Gasteiger partial charge is 0.129 e. The number of halogens is 1. The summed E-state index contributed by atoms with van der Waals surface area (Å²) in [6.07, 6.45) is 0. The zero-order valence-corrected chi connectivity index (χ0v) is 13.8. The van der Waals surface area contributed by atoms with Gasteiger partial charge in [-0.25, -0.2) is 4.98 Å². The maximum Gasteiger partial charge on any atom is 0.129 e. The van der Waals surface area contributed by atoms with Crippen molar-refractivity contribution in [2.45, 2.75) is 50.8 Å². The number of rotatable bonds is 3. The van der Waals surface area contributed by atoms with Gasteiger partial charge in [-0.1, -0.05) is 20.8 Å². The monoisotopic (exact) mass is 298 g/mol. The number of hydrogen-bond acceptors (Lipinski definition) is 3. The van der Waals surface area contributed by atoms with E-state index in [9.17, 15) is 0 Å². The van der Waals surface area contributed by atoms with Crippen molar-refractivity contribution < 1.29 is 0 Å². The van der Waals surface area contributed by atoms with Crippen molar-refractivity contribution in [3.63, 3.8) is 0 Å². The molecule has 1 saturated heterocycles. The van der Waals surface area contributed by atoms with Crippen LogP contribution < -0.4 is 4.90 Å². The molecule has 4 heteroatoms. The zero-order valence-electron chi connectivity index (χ0n) is 12.2. The van der Waals surface area contributed by atoms with Gasteiger partial charge in [-0.2, -0.15) is 11.8 Å². The second-order valence-corrected chi connectivity index (χ2v) is 7.31. The molecule has 2 rings (SSSR count). The lowest BCUT2D eigenvalue weighted by atomic mass is 10.1. The predicted molar refractivity (Wildman–Crippen MR) is 86.6 cm³/mol. The number of aromatic nitrogens is 1. The summed E-state index contributed by atoms with van der Waals surface area (Å²) >= 11 is 8.08. The van der Waals surface area contributed by atoms with Gasteiger partial charge >= 0.3 is 0 Å². The molecular weight excluding hydrogens is 276 g/mol. The van der Waals surface area contributed by atoms with Gasteiger partial charge in [0, 0.05) is 35.2 Å². The normalized spacial score (nSPS) is 24.0. The van der Waals surface area contributed by atoms with Crippen molar-refractivity contribution in [2.24, 2.45) is 0 Å². The number of pyridine rings is 1. The quantitative estimate of drug-likeness (QED) is 0.775. The van der Waals surface area contributed by atoms with Crippen LogP contribution in [-0.2, 0) is 5.88 Å². The molecule has 0 amide bonds. The molecule has 1 aromatic rings. The highest BCUT2D eigenvalue weighted by Crippen LogP contribution is 2.30. The van der Waals surface area contributed by atoms with Crippen LogP contribution in [0.15, 0.2) is 12.1 Å². The molecule has 2 atom stereocenters. The minimum Gasteiger partial charge on any atom is -0.352 e.